The van der Waals surface area contributed by atoms with Crippen molar-refractivity contribution >= 4 is 11.9 Å². The van der Waals surface area contributed by atoms with E-state index in [1.807, 2.05) is 6.92 Å². The lowest BCUT2D eigenvalue weighted by molar-refractivity contribution is -0.142. The van der Waals surface area contributed by atoms with Gasteiger partial charge < -0.3 is 15.2 Å². The summed E-state index contributed by atoms with van der Waals surface area (Å²) in [6.07, 6.45) is 1.06. The number of amides is 1. The molecule has 1 atom stereocenters. The Hall–Kier alpha value is -1.88. The Kier molecular flexibility index (Phi) is 6.60. The predicted octanol–water partition coefficient (Wildman–Crippen LogP) is 1.75. The molecule has 104 valence electrons. The lowest BCUT2D eigenvalue weighted by Gasteiger charge is -2.14. The SMILES string of the molecule is CCCOCCC(=O)N[C@H](C(=O)O)c1ccccc1. The molecular weight excluding hydrogens is 246 g/mol. The van der Waals surface area contributed by atoms with Crippen molar-refractivity contribution in [2.45, 2.75) is 25.8 Å². The van der Waals surface area contributed by atoms with E-state index in [1.54, 1.807) is 30.3 Å². The van der Waals surface area contributed by atoms with Gasteiger partial charge in [0.1, 0.15) is 0 Å². The van der Waals surface area contributed by atoms with E-state index in [-0.39, 0.29) is 12.3 Å². The molecule has 0 aliphatic rings. The van der Waals surface area contributed by atoms with Crippen LogP contribution in [0.2, 0.25) is 0 Å². The van der Waals surface area contributed by atoms with Crippen molar-refractivity contribution in [2.75, 3.05) is 13.2 Å². The number of carboxylic acid groups (broad SMARTS) is 1. The third-order valence-corrected chi connectivity index (χ3v) is 2.51. The number of hydrogen-bond donors (Lipinski definition) is 2. The van der Waals surface area contributed by atoms with E-state index >= 15 is 0 Å². The minimum absolute atomic E-state index is 0.163. The van der Waals surface area contributed by atoms with Crippen molar-refractivity contribution in [1.82, 2.24) is 5.32 Å². The maximum Gasteiger partial charge on any atom is 0.330 e. The summed E-state index contributed by atoms with van der Waals surface area (Å²) in [6, 6.07) is 7.60. The number of carboxylic acids is 1. The van der Waals surface area contributed by atoms with Gasteiger partial charge in [0.25, 0.3) is 0 Å². The van der Waals surface area contributed by atoms with Crippen LogP contribution in [0.1, 0.15) is 31.4 Å². The summed E-state index contributed by atoms with van der Waals surface area (Å²) in [5.74, 6) is -1.40. The van der Waals surface area contributed by atoms with E-state index in [0.29, 0.717) is 18.8 Å². The van der Waals surface area contributed by atoms with E-state index in [0.717, 1.165) is 6.42 Å². The number of nitrogens with one attached hydrogen (secondary N) is 1. The number of ether oxygens (including phenoxy) is 1. The third-order valence-electron chi connectivity index (χ3n) is 2.51. The maximum absolute atomic E-state index is 11.6. The fourth-order valence-corrected chi connectivity index (χ4v) is 1.58. The van der Waals surface area contributed by atoms with Gasteiger partial charge in [-0.25, -0.2) is 4.79 Å². The van der Waals surface area contributed by atoms with Crippen LogP contribution in [0.3, 0.4) is 0 Å². The number of benzene rings is 1. The van der Waals surface area contributed by atoms with Crippen LogP contribution in [0, 0.1) is 0 Å². The lowest BCUT2D eigenvalue weighted by atomic mass is 10.1. The first-order chi connectivity index (χ1) is 9.15. The Morgan fingerprint density at radius 2 is 1.95 bits per heavy atom. The molecule has 0 unspecified atom stereocenters. The zero-order chi connectivity index (χ0) is 14.1. The second-order valence-corrected chi connectivity index (χ2v) is 4.11. The van der Waals surface area contributed by atoms with Gasteiger partial charge in [-0.1, -0.05) is 37.3 Å². The van der Waals surface area contributed by atoms with E-state index < -0.39 is 12.0 Å². The van der Waals surface area contributed by atoms with Crippen molar-refractivity contribution < 1.29 is 19.4 Å². The number of carbonyl (C=O) groups excluding carboxylic acids is 1. The Morgan fingerprint density at radius 1 is 1.26 bits per heavy atom. The summed E-state index contributed by atoms with van der Waals surface area (Å²) in [7, 11) is 0. The van der Waals surface area contributed by atoms with Crippen LogP contribution in [-0.2, 0) is 14.3 Å². The fraction of sp³-hybridized carbons (Fsp3) is 0.429. The summed E-state index contributed by atoms with van der Waals surface area (Å²) in [5, 5.41) is 11.6. The molecule has 5 nitrogen and oxygen atoms in total. The average Bonchev–Trinajstić information content (AvgIpc) is 2.41. The summed E-state index contributed by atoms with van der Waals surface area (Å²) in [4.78, 5) is 22.8. The normalized spacial score (nSPS) is 11.8. The van der Waals surface area contributed by atoms with Crippen LogP contribution >= 0.6 is 0 Å². The van der Waals surface area contributed by atoms with Crippen LogP contribution < -0.4 is 5.32 Å². The van der Waals surface area contributed by atoms with Crippen LogP contribution in [-0.4, -0.2) is 30.2 Å². The van der Waals surface area contributed by atoms with Gasteiger partial charge in [-0.3, -0.25) is 4.79 Å². The molecule has 1 aromatic carbocycles. The molecule has 0 radical (unpaired) electrons. The second-order valence-electron chi connectivity index (χ2n) is 4.11. The first kappa shape index (κ1) is 15.2. The largest absolute Gasteiger partial charge is 0.479 e. The molecule has 0 fully saturated rings. The Balaban J connectivity index is 2.51. The molecular formula is C14H19NO4. The molecule has 5 heteroatoms. The fourth-order valence-electron chi connectivity index (χ4n) is 1.58. The first-order valence-electron chi connectivity index (χ1n) is 6.30. The van der Waals surface area contributed by atoms with Gasteiger partial charge >= 0.3 is 5.97 Å². The standard InChI is InChI=1S/C14H19NO4/c1-2-9-19-10-8-12(16)15-13(14(17)18)11-6-4-3-5-7-11/h3-7,13H,2,8-10H2,1H3,(H,15,16)(H,17,18)/t13-/m0/s1. The minimum atomic E-state index is -1.07. The number of rotatable bonds is 8. The van der Waals surface area contributed by atoms with E-state index in [4.69, 9.17) is 9.84 Å². The van der Waals surface area contributed by atoms with Gasteiger partial charge in [-0.2, -0.15) is 0 Å². The molecule has 0 saturated carbocycles. The van der Waals surface area contributed by atoms with Crippen molar-refractivity contribution in [3.8, 4) is 0 Å². The second kappa shape index (κ2) is 8.26. The molecule has 19 heavy (non-hydrogen) atoms. The molecule has 0 saturated heterocycles. The average molecular weight is 265 g/mol. The molecule has 1 aromatic rings. The topological polar surface area (TPSA) is 75.6 Å². The van der Waals surface area contributed by atoms with Crippen molar-refractivity contribution in [1.29, 1.82) is 0 Å². The predicted molar refractivity (Wildman–Crippen MR) is 70.7 cm³/mol. The van der Waals surface area contributed by atoms with Crippen molar-refractivity contribution in [3.63, 3.8) is 0 Å². The molecule has 0 aliphatic heterocycles. The quantitative estimate of drug-likeness (QED) is 0.702. The highest BCUT2D eigenvalue weighted by molar-refractivity contribution is 5.84. The lowest BCUT2D eigenvalue weighted by Crippen LogP contribution is -2.34. The van der Waals surface area contributed by atoms with E-state index in [2.05, 4.69) is 5.32 Å². The highest BCUT2D eigenvalue weighted by Gasteiger charge is 2.21. The summed E-state index contributed by atoms with van der Waals surface area (Å²) < 4.78 is 5.19. The van der Waals surface area contributed by atoms with Gasteiger partial charge in [0.05, 0.1) is 6.61 Å². The molecule has 1 amide bonds. The zero-order valence-corrected chi connectivity index (χ0v) is 11.0. The van der Waals surface area contributed by atoms with Gasteiger partial charge in [0.15, 0.2) is 6.04 Å². The van der Waals surface area contributed by atoms with Gasteiger partial charge in [-0.15, -0.1) is 0 Å². The maximum atomic E-state index is 11.6. The number of aliphatic carboxylic acids is 1. The molecule has 0 aromatic heterocycles. The van der Waals surface area contributed by atoms with E-state index in [9.17, 15) is 9.59 Å². The Morgan fingerprint density at radius 3 is 2.53 bits per heavy atom. The molecule has 0 spiro atoms. The van der Waals surface area contributed by atoms with Crippen molar-refractivity contribution in [3.05, 3.63) is 35.9 Å². The first-order valence-corrected chi connectivity index (χ1v) is 6.30. The van der Waals surface area contributed by atoms with Gasteiger partial charge in [0, 0.05) is 13.0 Å². The van der Waals surface area contributed by atoms with Crippen molar-refractivity contribution in [2.24, 2.45) is 0 Å². The molecule has 0 aliphatic carbocycles. The molecule has 2 N–H and O–H groups in total. The molecule has 0 bridgehead atoms. The summed E-state index contributed by atoms with van der Waals surface area (Å²) in [5.41, 5.74) is 0.554. The third kappa shape index (κ3) is 5.52. The van der Waals surface area contributed by atoms with Crippen LogP contribution in [0.25, 0.3) is 0 Å². The smallest absolute Gasteiger partial charge is 0.330 e. The zero-order valence-electron chi connectivity index (χ0n) is 11.0. The molecule has 0 heterocycles. The van der Waals surface area contributed by atoms with Crippen LogP contribution in [0.4, 0.5) is 0 Å². The molecule has 1 rings (SSSR count). The summed E-state index contributed by atoms with van der Waals surface area (Å²) >= 11 is 0. The monoisotopic (exact) mass is 265 g/mol. The summed E-state index contributed by atoms with van der Waals surface area (Å²) in [6.45, 7) is 2.89. The number of carbonyl (C=O) groups is 2. The number of hydrogen-bond acceptors (Lipinski definition) is 3. The van der Waals surface area contributed by atoms with Gasteiger partial charge in [-0.05, 0) is 12.0 Å². The van der Waals surface area contributed by atoms with E-state index in [1.165, 1.54) is 0 Å². The van der Waals surface area contributed by atoms with Crippen LogP contribution in [0.5, 0.6) is 0 Å². The van der Waals surface area contributed by atoms with Crippen LogP contribution in [0.15, 0.2) is 30.3 Å². The Bertz CT molecular complexity index is 405. The minimum Gasteiger partial charge on any atom is -0.479 e. The highest BCUT2D eigenvalue weighted by atomic mass is 16.5. The van der Waals surface area contributed by atoms with Gasteiger partial charge in [0.2, 0.25) is 5.91 Å². The Labute approximate surface area is 112 Å². The highest BCUT2D eigenvalue weighted by Crippen LogP contribution is 2.12.